The molecule has 0 amide bonds. The van der Waals surface area contributed by atoms with E-state index in [1.54, 1.807) is 24.2 Å². The third-order valence-corrected chi connectivity index (χ3v) is 3.77. The van der Waals surface area contributed by atoms with Crippen LogP contribution < -0.4 is 0 Å². The second-order valence-corrected chi connectivity index (χ2v) is 5.04. The van der Waals surface area contributed by atoms with Crippen molar-refractivity contribution in [3.05, 3.63) is 24.5 Å². The van der Waals surface area contributed by atoms with E-state index in [2.05, 4.69) is 33.7 Å². The average Bonchev–Trinajstić information content (AvgIpc) is 2.43. The molecule has 0 unspecified atom stereocenters. The van der Waals surface area contributed by atoms with Crippen LogP contribution in [0.5, 0.6) is 0 Å². The summed E-state index contributed by atoms with van der Waals surface area (Å²) >= 11 is 1.77. The SMILES string of the molecule is CCN(CC)CCSc1ccc2nccnc2n1. The van der Waals surface area contributed by atoms with Crippen molar-refractivity contribution in [2.24, 2.45) is 0 Å². The summed E-state index contributed by atoms with van der Waals surface area (Å²) in [5.74, 6) is 1.06. The molecule has 18 heavy (non-hydrogen) atoms. The minimum atomic E-state index is 0.727. The van der Waals surface area contributed by atoms with E-state index in [1.165, 1.54) is 0 Å². The van der Waals surface area contributed by atoms with Crippen molar-refractivity contribution in [1.29, 1.82) is 0 Å². The minimum Gasteiger partial charge on any atom is -0.303 e. The van der Waals surface area contributed by atoms with Crippen molar-refractivity contribution in [2.45, 2.75) is 18.9 Å². The van der Waals surface area contributed by atoms with Crippen LogP contribution in [-0.4, -0.2) is 45.2 Å². The number of nitrogens with zero attached hydrogens (tertiary/aromatic N) is 4. The molecule has 4 nitrogen and oxygen atoms in total. The van der Waals surface area contributed by atoms with Gasteiger partial charge in [-0.2, -0.15) is 0 Å². The zero-order valence-electron chi connectivity index (χ0n) is 10.8. The third kappa shape index (κ3) is 3.40. The Kier molecular flexibility index (Phi) is 4.90. The van der Waals surface area contributed by atoms with Gasteiger partial charge in [0.25, 0.3) is 0 Å². The van der Waals surface area contributed by atoms with Crippen molar-refractivity contribution in [1.82, 2.24) is 19.9 Å². The van der Waals surface area contributed by atoms with E-state index in [0.717, 1.165) is 41.6 Å². The highest BCUT2D eigenvalue weighted by molar-refractivity contribution is 7.99. The van der Waals surface area contributed by atoms with Crippen molar-refractivity contribution in [2.75, 3.05) is 25.4 Å². The smallest absolute Gasteiger partial charge is 0.179 e. The van der Waals surface area contributed by atoms with Crippen molar-refractivity contribution < 1.29 is 0 Å². The van der Waals surface area contributed by atoms with E-state index in [0.29, 0.717) is 0 Å². The molecule has 2 aromatic heterocycles. The maximum atomic E-state index is 4.49. The lowest BCUT2D eigenvalue weighted by atomic mass is 10.4. The second-order valence-electron chi connectivity index (χ2n) is 3.92. The van der Waals surface area contributed by atoms with E-state index >= 15 is 0 Å². The van der Waals surface area contributed by atoms with Crippen LogP contribution in [0.3, 0.4) is 0 Å². The molecule has 0 fully saturated rings. The van der Waals surface area contributed by atoms with Crippen LogP contribution >= 0.6 is 11.8 Å². The molecule has 2 rings (SSSR count). The normalized spacial score (nSPS) is 11.3. The Morgan fingerprint density at radius 3 is 2.67 bits per heavy atom. The Balaban J connectivity index is 1.95. The fourth-order valence-corrected chi connectivity index (χ4v) is 2.61. The topological polar surface area (TPSA) is 41.9 Å². The van der Waals surface area contributed by atoms with Crippen molar-refractivity contribution >= 4 is 22.9 Å². The van der Waals surface area contributed by atoms with Crippen LogP contribution in [0.1, 0.15) is 13.8 Å². The maximum Gasteiger partial charge on any atom is 0.179 e. The molecular weight excluding hydrogens is 244 g/mol. The Morgan fingerprint density at radius 1 is 1.11 bits per heavy atom. The summed E-state index contributed by atoms with van der Waals surface area (Å²) < 4.78 is 0. The number of aromatic nitrogens is 3. The quantitative estimate of drug-likeness (QED) is 0.748. The highest BCUT2D eigenvalue weighted by atomic mass is 32.2. The molecule has 0 atom stereocenters. The minimum absolute atomic E-state index is 0.727. The molecule has 96 valence electrons. The molecule has 0 spiro atoms. The number of pyridine rings is 1. The molecule has 0 bridgehead atoms. The summed E-state index contributed by atoms with van der Waals surface area (Å²) in [4.78, 5) is 15.3. The first kappa shape index (κ1) is 13.2. The van der Waals surface area contributed by atoms with Crippen LogP contribution in [0.2, 0.25) is 0 Å². The van der Waals surface area contributed by atoms with Crippen LogP contribution in [-0.2, 0) is 0 Å². The number of thioether (sulfide) groups is 1. The molecule has 0 radical (unpaired) electrons. The first-order valence-corrected chi connectivity index (χ1v) is 7.25. The highest BCUT2D eigenvalue weighted by Gasteiger charge is 2.02. The van der Waals surface area contributed by atoms with E-state index in [9.17, 15) is 0 Å². The lowest BCUT2D eigenvalue weighted by Crippen LogP contribution is -2.25. The molecule has 0 aliphatic carbocycles. The van der Waals surface area contributed by atoms with Gasteiger partial charge in [-0.05, 0) is 25.2 Å². The molecule has 0 saturated carbocycles. The standard InChI is InChI=1S/C13H18N4S/c1-3-17(4-2)9-10-18-12-6-5-11-13(16-12)15-8-7-14-11/h5-8H,3-4,9-10H2,1-2H3. The number of rotatable bonds is 6. The highest BCUT2D eigenvalue weighted by Crippen LogP contribution is 2.17. The van der Waals surface area contributed by atoms with Gasteiger partial charge in [-0.3, -0.25) is 4.98 Å². The third-order valence-electron chi connectivity index (χ3n) is 2.86. The fourth-order valence-electron chi connectivity index (χ4n) is 1.74. The monoisotopic (exact) mass is 262 g/mol. The van der Waals surface area contributed by atoms with Gasteiger partial charge in [0.1, 0.15) is 5.52 Å². The van der Waals surface area contributed by atoms with Gasteiger partial charge in [0.2, 0.25) is 0 Å². The Morgan fingerprint density at radius 2 is 1.89 bits per heavy atom. The molecule has 5 heteroatoms. The lowest BCUT2D eigenvalue weighted by Gasteiger charge is -2.16. The van der Waals surface area contributed by atoms with Gasteiger partial charge in [-0.1, -0.05) is 13.8 Å². The molecule has 0 saturated heterocycles. The first-order valence-electron chi connectivity index (χ1n) is 6.26. The largest absolute Gasteiger partial charge is 0.303 e. The van der Waals surface area contributed by atoms with E-state index in [4.69, 9.17) is 0 Å². The predicted octanol–water partition coefficient (Wildman–Crippen LogP) is 2.46. The fraction of sp³-hybridized carbons (Fsp3) is 0.462. The summed E-state index contributed by atoms with van der Waals surface area (Å²) in [6.45, 7) is 7.69. The van der Waals surface area contributed by atoms with Crippen LogP contribution in [0, 0.1) is 0 Å². The summed E-state index contributed by atoms with van der Waals surface area (Å²) in [7, 11) is 0. The summed E-state index contributed by atoms with van der Waals surface area (Å²) in [6, 6.07) is 4.00. The van der Waals surface area contributed by atoms with Gasteiger partial charge < -0.3 is 4.90 Å². The Labute approximate surface area is 112 Å². The predicted molar refractivity (Wildman–Crippen MR) is 75.8 cm³/mol. The molecule has 2 heterocycles. The van der Waals surface area contributed by atoms with Gasteiger partial charge in [-0.15, -0.1) is 11.8 Å². The maximum absolute atomic E-state index is 4.49. The Bertz CT molecular complexity index is 499. The lowest BCUT2D eigenvalue weighted by molar-refractivity contribution is 0.324. The summed E-state index contributed by atoms with van der Waals surface area (Å²) in [6.07, 6.45) is 3.37. The molecule has 0 aromatic carbocycles. The van der Waals surface area contributed by atoms with Gasteiger partial charge in [0.15, 0.2) is 5.65 Å². The van der Waals surface area contributed by atoms with Gasteiger partial charge in [-0.25, -0.2) is 9.97 Å². The van der Waals surface area contributed by atoms with Crippen LogP contribution in [0.25, 0.3) is 11.2 Å². The number of hydrogen-bond donors (Lipinski definition) is 0. The van der Waals surface area contributed by atoms with Crippen LogP contribution in [0.15, 0.2) is 29.6 Å². The van der Waals surface area contributed by atoms with E-state index in [-0.39, 0.29) is 0 Å². The molecule has 0 N–H and O–H groups in total. The van der Waals surface area contributed by atoms with E-state index < -0.39 is 0 Å². The summed E-state index contributed by atoms with van der Waals surface area (Å²) in [5, 5.41) is 1.02. The van der Waals surface area contributed by atoms with E-state index in [1.807, 2.05) is 12.1 Å². The zero-order chi connectivity index (χ0) is 12.8. The average molecular weight is 262 g/mol. The number of hydrogen-bond acceptors (Lipinski definition) is 5. The van der Waals surface area contributed by atoms with Gasteiger partial charge >= 0.3 is 0 Å². The summed E-state index contributed by atoms with van der Waals surface area (Å²) in [5.41, 5.74) is 1.58. The zero-order valence-corrected chi connectivity index (χ0v) is 11.7. The van der Waals surface area contributed by atoms with Crippen molar-refractivity contribution in [3.8, 4) is 0 Å². The van der Waals surface area contributed by atoms with Crippen molar-refractivity contribution in [3.63, 3.8) is 0 Å². The molecule has 2 aromatic rings. The molecular formula is C13H18N4S. The first-order chi connectivity index (χ1) is 8.83. The van der Waals surface area contributed by atoms with Crippen LogP contribution in [0.4, 0.5) is 0 Å². The van der Waals surface area contributed by atoms with Gasteiger partial charge in [0, 0.05) is 24.7 Å². The van der Waals surface area contributed by atoms with Gasteiger partial charge in [0.05, 0.1) is 5.03 Å². The Hall–Kier alpha value is -1.20. The number of fused-ring (bicyclic) bond motifs is 1. The second kappa shape index (κ2) is 6.66. The molecule has 0 aliphatic heterocycles. The molecule has 0 aliphatic rings.